The van der Waals surface area contributed by atoms with Crippen molar-refractivity contribution in [1.29, 1.82) is 0 Å². The van der Waals surface area contributed by atoms with Crippen molar-refractivity contribution >= 4 is 17.0 Å². The number of benzene rings is 1. The summed E-state index contributed by atoms with van der Waals surface area (Å²) in [7, 11) is 0. The highest BCUT2D eigenvalue weighted by Crippen LogP contribution is 2.28. The Morgan fingerprint density at radius 2 is 1.90 bits per heavy atom. The van der Waals surface area contributed by atoms with Crippen LogP contribution in [0.25, 0.3) is 10.4 Å². The third kappa shape index (κ3) is 2.87. The molecule has 0 bridgehead atoms. The lowest BCUT2D eigenvalue weighted by molar-refractivity contribution is 0.462. The zero-order chi connectivity index (χ0) is 14.8. The van der Waals surface area contributed by atoms with Gasteiger partial charge in [0.05, 0.1) is 10.4 Å². The summed E-state index contributed by atoms with van der Waals surface area (Å²) in [5.41, 5.74) is 11.4. The molecule has 0 saturated heterocycles. The number of hydrogen-bond acceptors (Lipinski definition) is 5. The highest BCUT2D eigenvalue weighted by Gasteiger charge is 2.06. The van der Waals surface area contributed by atoms with Gasteiger partial charge in [0.15, 0.2) is 0 Å². The van der Waals surface area contributed by atoms with Crippen molar-refractivity contribution in [1.82, 2.24) is 9.97 Å². The summed E-state index contributed by atoms with van der Waals surface area (Å²) in [5, 5.41) is 0. The van der Waals surface area contributed by atoms with Crippen molar-refractivity contribution in [3.63, 3.8) is 0 Å². The highest BCUT2D eigenvalue weighted by molar-refractivity contribution is 7.13. The summed E-state index contributed by atoms with van der Waals surface area (Å²) in [4.78, 5) is 9.61. The Labute approximate surface area is 127 Å². The first-order chi connectivity index (χ1) is 10.1. The van der Waals surface area contributed by atoms with E-state index in [1.807, 2.05) is 49.8 Å². The van der Waals surface area contributed by atoms with Gasteiger partial charge in [0.1, 0.15) is 5.75 Å². The Kier molecular flexibility index (Phi) is 3.58. The fraction of sp³-hybridized carbons (Fsp3) is 0.125. The van der Waals surface area contributed by atoms with E-state index in [2.05, 4.69) is 9.97 Å². The molecule has 3 aromatic rings. The maximum absolute atomic E-state index is 5.94. The molecular formula is C16H15N3OS. The molecule has 0 fully saturated rings. The Morgan fingerprint density at radius 3 is 2.52 bits per heavy atom. The van der Waals surface area contributed by atoms with E-state index in [0.29, 0.717) is 11.6 Å². The lowest BCUT2D eigenvalue weighted by Gasteiger charge is -2.09. The average Bonchev–Trinajstić information content (AvgIpc) is 3.00. The predicted octanol–water partition coefficient (Wildman–Crippen LogP) is 4.20. The predicted molar refractivity (Wildman–Crippen MR) is 85.7 cm³/mol. The van der Waals surface area contributed by atoms with E-state index >= 15 is 0 Å². The number of aromatic nitrogens is 2. The number of nitrogens with two attached hydrogens (primary N) is 1. The minimum Gasteiger partial charge on any atom is -0.439 e. The van der Waals surface area contributed by atoms with Gasteiger partial charge in [-0.15, -0.1) is 11.3 Å². The van der Waals surface area contributed by atoms with Gasteiger partial charge in [-0.05, 0) is 49.2 Å². The van der Waals surface area contributed by atoms with Crippen LogP contribution < -0.4 is 10.5 Å². The van der Waals surface area contributed by atoms with Gasteiger partial charge in [0.2, 0.25) is 5.88 Å². The summed E-state index contributed by atoms with van der Waals surface area (Å²) in [6.45, 7) is 3.87. The van der Waals surface area contributed by atoms with E-state index in [-0.39, 0.29) is 0 Å². The first-order valence-electron chi connectivity index (χ1n) is 6.54. The van der Waals surface area contributed by atoms with Crippen LogP contribution in [-0.2, 0) is 0 Å². The Hall–Kier alpha value is -2.40. The van der Waals surface area contributed by atoms with Crippen molar-refractivity contribution < 1.29 is 4.74 Å². The van der Waals surface area contributed by atoms with E-state index in [9.17, 15) is 0 Å². The molecule has 3 rings (SSSR count). The molecular weight excluding hydrogens is 282 g/mol. The normalized spacial score (nSPS) is 10.6. The molecule has 0 aliphatic heterocycles. The molecule has 0 atom stereocenters. The number of thiazole rings is 1. The average molecular weight is 297 g/mol. The molecule has 2 N–H and O–H groups in total. The van der Waals surface area contributed by atoms with E-state index in [1.54, 1.807) is 17.4 Å². The molecule has 2 heterocycles. The molecule has 0 radical (unpaired) electrons. The SMILES string of the molecule is Cc1nc(Oc2ccc(-c3cncs3)cc2)cc(N)c1C. The van der Waals surface area contributed by atoms with Gasteiger partial charge in [0.25, 0.3) is 0 Å². The Bertz CT molecular complexity index is 729. The second kappa shape index (κ2) is 5.54. The van der Waals surface area contributed by atoms with Crippen molar-refractivity contribution in [2.45, 2.75) is 13.8 Å². The van der Waals surface area contributed by atoms with Crippen LogP contribution in [0.4, 0.5) is 5.69 Å². The second-order valence-corrected chi connectivity index (χ2v) is 5.64. The molecule has 1 aromatic carbocycles. The highest BCUT2D eigenvalue weighted by atomic mass is 32.1. The van der Waals surface area contributed by atoms with E-state index < -0.39 is 0 Å². The quantitative estimate of drug-likeness (QED) is 0.787. The van der Waals surface area contributed by atoms with Crippen LogP contribution in [0.1, 0.15) is 11.3 Å². The largest absolute Gasteiger partial charge is 0.439 e. The molecule has 0 saturated carbocycles. The van der Waals surface area contributed by atoms with Crippen LogP contribution in [0, 0.1) is 13.8 Å². The first-order valence-corrected chi connectivity index (χ1v) is 7.42. The molecule has 0 spiro atoms. The molecule has 0 aliphatic rings. The maximum atomic E-state index is 5.94. The van der Waals surface area contributed by atoms with Crippen molar-refractivity contribution in [3.05, 3.63) is 53.3 Å². The molecule has 0 unspecified atom stereocenters. The molecule has 5 heteroatoms. The number of aryl methyl sites for hydroxylation is 1. The lowest BCUT2D eigenvalue weighted by Crippen LogP contribution is -1.98. The van der Waals surface area contributed by atoms with Gasteiger partial charge in [-0.3, -0.25) is 4.98 Å². The van der Waals surface area contributed by atoms with Gasteiger partial charge in [-0.25, -0.2) is 4.98 Å². The Morgan fingerprint density at radius 1 is 1.14 bits per heavy atom. The number of nitrogen functional groups attached to an aromatic ring is 1. The first kappa shape index (κ1) is 13.6. The third-order valence-corrected chi connectivity index (χ3v) is 4.15. The minimum atomic E-state index is 0.515. The third-order valence-electron chi connectivity index (χ3n) is 3.33. The number of rotatable bonds is 3. The van der Waals surface area contributed by atoms with Crippen LogP contribution >= 0.6 is 11.3 Å². The summed E-state index contributed by atoms with van der Waals surface area (Å²) in [6.07, 6.45) is 1.85. The number of pyridine rings is 1. The van der Waals surface area contributed by atoms with Gasteiger partial charge in [-0.2, -0.15) is 0 Å². The van der Waals surface area contributed by atoms with Crippen LogP contribution in [0.5, 0.6) is 11.6 Å². The number of hydrogen-bond donors (Lipinski definition) is 1. The molecule has 4 nitrogen and oxygen atoms in total. The molecule has 21 heavy (non-hydrogen) atoms. The molecule has 106 valence electrons. The summed E-state index contributed by atoms with van der Waals surface area (Å²) >= 11 is 1.61. The maximum Gasteiger partial charge on any atom is 0.221 e. The smallest absolute Gasteiger partial charge is 0.221 e. The number of nitrogens with zero attached hydrogens (tertiary/aromatic N) is 2. The summed E-state index contributed by atoms with van der Waals surface area (Å²) < 4.78 is 5.76. The van der Waals surface area contributed by atoms with Crippen LogP contribution in [-0.4, -0.2) is 9.97 Å². The van der Waals surface area contributed by atoms with Crippen LogP contribution in [0.15, 0.2) is 42.0 Å². The van der Waals surface area contributed by atoms with Gasteiger partial charge in [0, 0.05) is 23.6 Å². The fourth-order valence-electron chi connectivity index (χ4n) is 1.95. The van der Waals surface area contributed by atoms with Crippen LogP contribution in [0.3, 0.4) is 0 Å². The zero-order valence-electron chi connectivity index (χ0n) is 11.8. The fourth-order valence-corrected chi connectivity index (χ4v) is 2.58. The molecule has 0 aliphatic carbocycles. The van der Waals surface area contributed by atoms with Crippen molar-refractivity contribution in [3.8, 4) is 22.1 Å². The van der Waals surface area contributed by atoms with Crippen molar-refractivity contribution in [2.24, 2.45) is 0 Å². The molecule has 2 aromatic heterocycles. The van der Waals surface area contributed by atoms with E-state index in [4.69, 9.17) is 10.5 Å². The topological polar surface area (TPSA) is 61.0 Å². The molecule has 0 amide bonds. The second-order valence-electron chi connectivity index (χ2n) is 4.75. The zero-order valence-corrected chi connectivity index (χ0v) is 12.6. The van der Waals surface area contributed by atoms with Crippen LogP contribution in [0.2, 0.25) is 0 Å². The summed E-state index contributed by atoms with van der Waals surface area (Å²) in [5.74, 6) is 1.25. The monoisotopic (exact) mass is 297 g/mol. The van der Waals surface area contributed by atoms with Gasteiger partial charge >= 0.3 is 0 Å². The standard InChI is InChI=1S/C16H15N3OS/c1-10-11(2)19-16(7-14(10)17)20-13-5-3-12(4-6-13)15-8-18-9-21-15/h3-9H,1-2H3,(H2,17,19). The minimum absolute atomic E-state index is 0.515. The number of ether oxygens (including phenoxy) is 1. The van der Waals surface area contributed by atoms with E-state index in [0.717, 1.165) is 27.4 Å². The van der Waals surface area contributed by atoms with Gasteiger partial charge in [-0.1, -0.05) is 0 Å². The van der Waals surface area contributed by atoms with E-state index in [1.165, 1.54) is 0 Å². The number of anilines is 1. The summed E-state index contributed by atoms with van der Waals surface area (Å²) in [6, 6.07) is 9.60. The lowest BCUT2D eigenvalue weighted by atomic mass is 10.2. The Balaban J connectivity index is 1.82. The van der Waals surface area contributed by atoms with Crippen molar-refractivity contribution in [2.75, 3.05) is 5.73 Å². The van der Waals surface area contributed by atoms with Gasteiger partial charge < -0.3 is 10.5 Å².